The van der Waals surface area contributed by atoms with Gasteiger partial charge in [0.15, 0.2) is 11.9 Å². The Morgan fingerprint density at radius 1 is 1.41 bits per heavy atom. The van der Waals surface area contributed by atoms with Crippen LogP contribution in [0.3, 0.4) is 0 Å². The van der Waals surface area contributed by atoms with Crippen molar-refractivity contribution >= 4 is 28.6 Å². The minimum absolute atomic E-state index is 0.0228. The van der Waals surface area contributed by atoms with Crippen LogP contribution in [0.15, 0.2) is 52.2 Å². The zero-order valence-electron chi connectivity index (χ0n) is 17.1. The van der Waals surface area contributed by atoms with Crippen LogP contribution in [0.1, 0.15) is 39.6 Å². The summed E-state index contributed by atoms with van der Waals surface area (Å²) in [6.45, 7) is 7.61. The van der Waals surface area contributed by atoms with Gasteiger partial charge in [-0.25, -0.2) is 0 Å². The molecule has 0 saturated heterocycles. The average molecular weight is 394 g/mol. The summed E-state index contributed by atoms with van der Waals surface area (Å²) in [6, 6.07) is 5.86. The Morgan fingerprint density at radius 3 is 2.97 bits per heavy atom. The predicted octanol–water partition coefficient (Wildman–Crippen LogP) is 3.02. The summed E-state index contributed by atoms with van der Waals surface area (Å²) in [7, 11) is 0. The van der Waals surface area contributed by atoms with Crippen molar-refractivity contribution in [2.45, 2.75) is 40.0 Å². The van der Waals surface area contributed by atoms with E-state index in [4.69, 9.17) is 9.73 Å². The average Bonchev–Trinajstić information content (AvgIpc) is 3.11. The van der Waals surface area contributed by atoms with Gasteiger partial charge in [0.05, 0.1) is 30.1 Å². The van der Waals surface area contributed by atoms with Crippen molar-refractivity contribution in [2.24, 2.45) is 10.1 Å². The molecule has 1 aromatic heterocycles. The van der Waals surface area contributed by atoms with Crippen LogP contribution in [0.5, 0.6) is 5.75 Å². The number of aromatic nitrogens is 2. The molecular weight excluding hydrogens is 368 g/mol. The minimum atomic E-state index is -0.341. The van der Waals surface area contributed by atoms with E-state index in [9.17, 15) is 4.79 Å². The Bertz CT molecular complexity index is 1000. The van der Waals surface area contributed by atoms with Gasteiger partial charge in [0.2, 0.25) is 0 Å². The number of hydrogen-bond acceptors (Lipinski definition) is 7. The van der Waals surface area contributed by atoms with Gasteiger partial charge in [-0.15, -0.1) is 0 Å². The summed E-state index contributed by atoms with van der Waals surface area (Å²) in [4.78, 5) is 15.8. The van der Waals surface area contributed by atoms with Gasteiger partial charge in [-0.3, -0.25) is 14.9 Å². The number of aromatic amines is 1. The number of benzene rings is 1. The monoisotopic (exact) mass is 394 g/mol. The molecule has 0 saturated carbocycles. The molecular formula is C21H26N6O2. The van der Waals surface area contributed by atoms with E-state index in [1.807, 2.05) is 57.3 Å². The lowest BCUT2D eigenvalue weighted by molar-refractivity contribution is -0.116. The topological polar surface area (TPSA) is 104 Å². The molecule has 1 aliphatic heterocycles. The highest BCUT2D eigenvalue weighted by atomic mass is 16.5. The van der Waals surface area contributed by atoms with E-state index in [2.05, 4.69) is 26.0 Å². The smallest absolute Gasteiger partial charge is 0.164 e. The van der Waals surface area contributed by atoms with Gasteiger partial charge in [-0.1, -0.05) is 6.08 Å². The van der Waals surface area contributed by atoms with Crippen LogP contribution in [-0.2, 0) is 4.79 Å². The van der Waals surface area contributed by atoms with Gasteiger partial charge < -0.3 is 15.5 Å². The van der Waals surface area contributed by atoms with Crippen molar-refractivity contribution in [2.75, 3.05) is 6.54 Å². The zero-order valence-corrected chi connectivity index (χ0v) is 17.1. The molecule has 0 fully saturated rings. The van der Waals surface area contributed by atoms with Crippen LogP contribution in [0, 0.1) is 0 Å². The third-order valence-electron chi connectivity index (χ3n) is 4.19. The second-order valence-corrected chi connectivity index (χ2v) is 6.94. The molecule has 152 valence electrons. The molecule has 3 rings (SSSR count). The van der Waals surface area contributed by atoms with Gasteiger partial charge in [-0.05, 0) is 52.0 Å². The quantitative estimate of drug-likeness (QED) is 0.472. The lowest BCUT2D eigenvalue weighted by Gasteiger charge is -2.18. The first-order chi connectivity index (χ1) is 14.0. The maximum Gasteiger partial charge on any atom is 0.164 e. The van der Waals surface area contributed by atoms with Crippen LogP contribution < -0.4 is 15.5 Å². The number of fused-ring (bicyclic) bond motifs is 1. The fourth-order valence-electron chi connectivity index (χ4n) is 2.88. The van der Waals surface area contributed by atoms with E-state index < -0.39 is 0 Å². The zero-order chi connectivity index (χ0) is 20.8. The number of nitrogens with one attached hydrogen (secondary N) is 3. The number of hydrogen-bond donors (Lipinski definition) is 3. The molecule has 1 aliphatic rings. The van der Waals surface area contributed by atoms with Crippen LogP contribution in [0.25, 0.3) is 10.9 Å². The van der Waals surface area contributed by atoms with Crippen LogP contribution in [-0.4, -0.2) is 40.6 Å². The fourth-order valence-corrected chi connectivity index (χ4v) is 2.88. The van der Waals surface area contributed by atoms with Crippen LogP contribution >= 0.6 is 0 Å². The molecule has 8 nitrogen and oxygen atoms in total. The third kappa shape index (κ3) is 5.10. The van der Waals surface area contributed by atoms with Gasteiger partial charge >= 0.3 is 0 Å². The third-order valence-corrected chi connectivity index (χ3v) is 4.19. The Labute approximate surface area is 169 Å². The summed E-state index contributed by atoms with van der Waals surface area (Å²) in [6.07, 6.45) is 7.06. The highest BCUT2D eigenvalue weighted by Gasteiger charge is 2.20. The largest absolute Gasteiger partial charge is 0.491 e. The molecule has 1 unspecified atom stereocenters. The van der Waals surface area contributed by atoms with E-state index in [1.165, 1.54) is 6.92 Å². The van der Waals surface area contributed by atoms with Gasteiger partial charge in [0, 0.05) is 17.2 Å². The molecule has 2 aromatic rings. The number of rotatable bonds is 8. The lowest BCUT2D eigenvalue weighted by atomic mass is 10.1. The number of ketones is 1. The Kier molecular flexibility index (Phi) is 6.43. The first-order valence-electron chi connectivity index (χ1n) is 9.55. The molecule has 1 atom stereocenters. The maximum atomic E-state index is 11.0. The molecule has 0 aliphatic carbocycles. The molecule has 2 heterocycles. The number of nitrogens with zero attached hydrogens (tertiary/aromatic N) is 3. The number of H-pyrrole nitrogens is 1. The molecule has 8 heteroatoms. The first-order valence-corrected chi connectivity index (χ1v) is 9.55. The van der Waals surface area contributed by atoms with Crippen molar-refractivity contribution in [3.8, 4) is 5.75 Å². The molecule has 0 amide bonds. The Morgan fingerprint density at radius 2 is 2.24 bits per heavy atom. The highest BCUT2D eigenvalue weighted by molar-refractivity contribution is 6.21. The maximum absolute atomic E-state index is 11.0. The van der Waals surface area contributed by atoms with E-state index in [0.717, 1.165) is 33.6 Å². The SMILES string of the molecule is C/C=C(/C=N\NCC(C)=O)C1=NC(c2n[nH]c3ccc(OC(C)C)cc23)NC=C1. The summed E-state index contributed by atoms with van der Waals surface area (Å²) in [5.41, 5.74) is 6.05. The standard InChI is InChI=1S/C21H26N6O2/c1-5-15(12-24-23-11-14(4)28)18-8-9-22-21(25-18)20-17-10-16(29-13(2)3)6-7-19(17)26-27-20/h5-10,12-13,21-23H,11H2,1-4H3,(H,26,27)/b15-5-,24-12-. The summed E-state index contributed by atoms with van der Waals surface area (Å²) >= 11 is 0. The van der Waals surface area contributed by atoms with E-state index >= 15 is 0 Å². The second kappa shape index (κ2) is 9.18. The Balaban J connectivity index is 1.85. The van der Waals surface area contributed by atoms with Crippen molar-refractivity contribution in [1.29, 1.82) is 0 Å². The van der Waals surface area contributed by atoms with Crippen molar-refractivity contribution in [3.05, 3.63) is 47.8 Å². The van der Waals surface area contributed by atoms with E-state index in [1.54, 1.807) is 6.21 Å². The van der Waals surface area contributed by atoms with E-state index in [-0.39, 0.29) is 24.6 Å². The lowest BCUT2D eigenvalue weighted by Crippen LogP contribution is -2.22. The molecule has 0 radical (unpaired) electrons. The first kappa shape index (κ1) is 20.3. The summed E-state index contributed by atoms with van der Waals surface area (Å²) in [5.74, 6) is 0.818. The van der Waals surface area contributed by atoms with Crippen molar-refractivity contribution in [1.82, 2.24) is 20.9 Å². The number of hydrazone groups is 1. The number of carbonyl (C=O) groups excluding carboxylic acids is 1. The number of allylic oxidation sites excluding steroid dienone is 3. The molecule has 0 bridgehead atoms. The second-order valence-electron chi connectivity index (χ2n) is 6.94. The Hall–Kier alpha value is -3.42. The van der Waals surface area contributed by atoms with Crippen molar-refractivity contribution in [3.63, 3.8) is 0 Å². The molecule has 29 heavy (non-hydrogen) atoms. The number of ether oxygens (including phenoxy) is 1. The summed E-state index contributed by atoms with van der Waals surface area (Å²) < 4.78 is 5.81. The number of aliphatic imine (C=N–C) groups is 1. The summed E-state index contributed by atoms with van der Waals surface area (Å²) in [5, 5.41) is 15.8. The molecule has 3 N–H and O–H groups in total. The van der Waals surface area contributed by atoms with Gasteiger partial charge in [0.25, 0.3) is 0 Å². The number of carbonyl (C=O) groups is 1. The molecule has 0 spiro atoms. The van der Waals surface area contributed by atoms with Crippen LogP contribution in [0.2, 0.25) is 0 Å². The predicted molar refractivity (Wildman–Crippen MR) is 115 cm³/mol. The van der Waals surface area contributed by atoms with Crippen LogP contribution in [0.4, 0.5) is 0 Å². The van der Waals surface area contributed by atoms with E-state index in [0.29, 0.717) is 0 Å². The number of Topliss-reactive ketones (excluding diaryl/α,β-unsaturated/α-hetero) is 1. The minimum Gasteiger partial charge on any atom is -0.491 e. The van der Waals surface area contributed by atoms with Gasteiger partial charge in [0.1, 0.15) is 11.4 Å². The van der Waals surface area contributed by atoms with Gasteiger partial charge in [-0.2, -0.15) is 10.2 Å². The van der Waals surface area contributed by atoms with Crippen molar-refractivity contribution < 1.29 is 9.53 Å². The normalized spacial score (nSPS) is 16.9. The fraction of sp³-hybridized carbons (Fsp3) is 0.333. The highest BCUT2D eigenvalue weighted by Crippen LogP contribution is 2.28. The molecule has 1 aromatic carbocycles.